The second kappa shape index (κ2) is 9.20. The first-order chi connectivity index (χ1) is 13.9. The van der Waals surface area contributed by atoms with Crippen molar-refractivity contribution in [1.29, 1.82) is 0 Å². The van der Waals surface area contributed by atoms with E-state index in [-0.39, 0.29) is 23.3 Å². The first kappa shape index (κ1) is 23.3. The average Bonchev–Trinajstić information content (AvgIpc) is 2.66. The van der Waals surface area contributed by atoms with E-state index in [1.165, 1.54) is 0 Å². The number of hydrogen-bond acceptors (Lipinski definition) is 5. The van der Waals surface area contributed by atoms with Crippen molar-refractivity contribution in [2.24, 2.45) is 5.10 Å². The van der Waals surface area contributed by atoms with Gasteiger partial charge in [-0.1, -0.05) is 41.5 Å². The highest BCUT2D eigenvalue weighted by molar-refractivity contribution is 5.85. The molecule has 0 aliphatic heterocycles. The lowest BCUT2D eigenvalue weighted by molar-refractivity contribution is -0.119. The van der Waals surface area contributed by atoms with Crippen LogP contribution in [0.3, 0.4) is 0 Å². The third kappa shape index (κ3) is 6.24. The summed E-state index contributed by atoms with van der Waals surface area (Å²) < 4.78 is 5.11. The molecule has 0 atom stereocenters. The molecule has 0 aromatic heterocycles. The summed E-state index contributed by atoms with van der Waals surface area (Å²) in [4.78, 5) is 12.1. The fourth-order valence-corrected chi connectivity index (χ4v) is 2.98. The molecule has 0 saturated heterocycles. The molecule has 6 heteroatoms. The normalized spacial score (nSPS) is 12.1. The number of amides is 1. The van der Waals surface area contributed by atoms with Crippen LogP contribution >= 0.6 is 0 Å². The van der Waals surface area contributed by atoms with Gasteiger partial charge in [0.1, 0.15) is 11.5 Å². The molecule has 0 spiro atoms. The molecule has 0 saturated carbocycles. The Hall–Kier alpha value is -3.02. The zero-order valence-electron chi connectivity index (χ0n) is 19.0. The Labute approximate surface area is 179 Å². The SMILES string of the molecule is COc1ccc(NCC(=O)N/N=C/c2cc(C(C)(C)C)c(O)c(C(C)(C)C)c2)cc1. The number of ether oxygens (including phenoxy) is 1. The largest absolute Gasteiger partial charge is 0.507 e. The minimum Gasteiger partial charge on any atom is -0.507 e. The summed E-state index contributed by atoms with van der Waals surface area (Å²) in [6.07, 6.45) is 1.61. The van der Waals surface area contributed by atoms with E-state index in [1.807, 2.05) is 36.4 Å². The molecular formula is C24H33N3O3. The molecule has 2 rings (SSSR count). The van der Waals surface area contributed by atoms with E-state index in [4.69, 9.17) is 4.74 Å². The number of methoxy groups -OCH3 is 1. The van der Waals surface area contributed by atoms with Gasteiger partial charge in [-0.25, -0.2) is 5.43 Å². The Balaban J connectivity index is 2.08. The van der Waals surface area contributed by atoms with Crippen molar-refractivity contribution in [3.05, 3.63) is 53.1 Å². The number of aromatic hydroxyl groups is 1. The van der Waals surface area contributed by atoms with Crippen LogP contribution in [-0.2, 0) is 15.6 Å². The van der Waals surface area contributed by atoms with Crippen LogP contribution in [-0.4, -0.2) is 30.9 Å². The fraction of sp³-hybridized carbons (Fsp3) is 0.417. The van der Waals surface area contributed by atoms with Gasteiger partial charge in [-0.05, 0) is 52.8 Å². The zero-order valence-corrected chi connectivity index (χ0v) is 19.0. The van der Waals surface area contributed by atoms with Crippen LogP contribution in [0.25, 0.3) is 0 Å². The molecule has 1 amide bonds. The average molecular weight is 412 g/mol. The summed E-state index contributed by atoms with van der Waals surface area (Å²) in [6, 6.07) is 11.2. The van der Waals surface area contributed by atoms with Gasteiger partial charge in [-0.2, -0.15) is 5.10 Å². The number of anilines is 1. The van der Waals surface area contributed by atoms with E-state index < -0.39 is 0 Å². The molecule has 30 heavy (non-hydrogen) atoms. The number of carbonyl (C=O) groups is 1. The van der Waals surface area contributed by atoms with Crippen molar-refractivity contribution < 1.29 is 14.6 Å². The molecule has 6 nitrogen and oxygen atoms in total. The van der Waals surface area contributed by atoms with E-state index >= 15 is 0 Å². The molecule has 0 aliphatic rings. The lowest BCUT2D eigenvalue weighted by Crippen LogP contribution is -2.26. The Morgan fingerprint density at radius 2 is 1.57 bits per heavy atom. The van der Waals surface area contributed by atoms with Crippen LogP contribution in [0.15, 0.2) is 41.5 Å². The summed E-state index contributed by atoms with van der Waals surface area (Å²) in [5.41, 5.74) is 5.43. The smallest absolute Gasteiger partial charge is 0.259 e. The number of rotatable bonds is 6. The van der Waals surface area contributed by atoms with Crippen molar-refractivity contribution in [3.63, 3.8) is 0 Å². The third-order valence-electron chi connectivity index (χ3n) is 4.69. The van der Waals surface area contributed by atoms with Gasteiger partial charge in [0.05, 0.1) is 19.9 Å². The molecule has 0 fully saturated rings. The minimum atomic E-state index is -0.257. The lowest BCUT2D eigenvalue weighted by Gasteiger charge is -2.27. The van der Waals surface area contributed by atoms with E-state index in [9.17, 15) is 9.90 Å². The Bertz CT molecular complexity index is 870. The number of hydrogen-bond donors (Lipinski definition) is 3. The summed E-state index contributed by atoms with van der Waals surface area (Å²) in [7, 11) is 1.61. The van der Waals surface area contributed by atoms with E-state index in [0.717, 1.165) is 28.1 Å². The van der Waals surface area contributed by atoms with Crippen molar-refractivity contribution in [2.75, 3.05) is 19.0 Å². The van der Waals surface area contributed by atoms with Crippen LogP contribution in [0.5, 0.6) is 11.5 Å². The van der Waals surface area contributed by atoms with Crippen LogP contribution < -0.4 is 15.5 Å². The highest BCUT2D eigenvalue weighted by Gasteiger charge is 2.26. The molecule has 0 radical (unpaired) electrons. The minimum absolute atomic E-state index is 0.0970. The number of hydrazone groups is 1. The van der Waals surface area contributed by atoms with Crippen molar-refractivity contribution in [1.82, 2.24) is 5.43 Å². The summed E-state index contributed by atoms with van der Waals surface area (Å²) in [5, 5.41) is 17.9. The number of nitrogens with zero attached hydrogens (tertiary/aromatic N) is 1. The van der Waals surface area contributed by atoms with Gasteiger partial charge in [-0.15, -0.1) is 0 Å². The first-order valence-corrected chi connectivity index (χ1v) is 9.99. The second-order valence-electron chi connectivity index (χ2n) is 9.34. The van der Waals surface area contributed by atoms with Crippen molar-refractivity contribution in [3.8, 4) is 11.5 Å². The summed E-state index contributed by atoms with van der Waals surface area (Å²) in [6.45, 7) is 12.4. The maximum atomic E-state index is 12.1. The monoisotopic (exact) mass is 411 g/mol. The molecule has 0 unspecified atom stereocenters. The maximum Gasteiger partial charge on any atom is 0.259 e. The van der Waals surface area contributed by atoms with E-state index in [1.54, 1.807) is 13.3 Å². The highest BCUT2D eigenvalue weighted by atomic mass is 16.5. The second-order valence-corrected chi connectivity index (χ2v) is 9.34. The summed E-state index contributed by atoms with van der Waals surface area (Å²) in [5.74, 6) is 0.820. The van der Waals surface area contributed by atoms with Crippen LogP contribution in [0.4, 0.5) is 5.69 Å². The predicted molar refractivity (Wildman–Crippen MR) is 123 cm³/mol. The Morgan fingerprint density at radius 3 is 2.03 bits per heavy atom. The molecule has 2 aromatic rings. The van der Waals surface area contributed by atoms with Gasteiger partial charge in [0.2, 0.25) is 0 Å². The van der Waals surface area contributed by atoms with Crippen LogP contribution in [0.2, 0.25) is 0 Å². The quantitative estimate of drug-likeness (QED) is 0.481. The molecule has 3 N–H and O–H groups in total. The fourth-order valence-electron chi connectivity index (χ4n) is 2.98. The van der Waals surface area contributed by atoms with Gasteiger partial charge in [-0.3, -0.25) is 4.79 Å². The van der Waals surface area contributed by atoms with Gasteiger partial charge < -0.3 is 15.2 Å². The molecule has 162 valence electrons. The predicted octanol–water partition coefficient (Wildman–Crippen LogP) is 4.56. The number of carbonyl (C=O) groups excluding carboxylic acids is 1. The van der Waals surface area contributed by atoms with Gasteiger partial charge in [0, 0.05) is 16.8 Å². The van der Waals surface area contributed by atoms with Crippen molar-refractivity contribution >= 4 is 17.8 Å². The van der Waals surface area contributed by atoms with Crippen LogP contribution in [0.1, 0.15) is 58.2 Å². The van der Waals surface area contributed by atoms with Crippen molar-refractivity contribution in [2.45, 2.75) is 52.4 Å². The topological polar surface area (TPSA) is 83.0 Å². The summed E-state index contributed by atoms with van der Waals surface area (Å²) >= 11 is 0. The number of benzene rings is 2. The molecule has 2 aromatic carbocycles. The number of nitrogens with one attached hydrogen (secondary N) is 2. The highest BCUT2D eigenvalue weighted by Crippen LogP contribution is 2.39. The van der Waals surface area contributed by atoms with Gasteiger partial charge in [0.25, 0.3) is 5.91 Å². The van der Waals surface area contributed by atoms with Gasteiger partial charge in [0.15, 0.2) is 0 Å². The number of phenols is 1. The molecule has 0 aliphatic carbocycles. The Morgan fingerprint density at radius 1 is 1.03 bits per heavy atom. The van der Waals surface area contributed by atoms with E-state index in [2.05, 4.69) is 57.4 Å². The zero-order chi connectivity index (χ0) is 22.5. The van der Waals surface area contributed by atoms with Gasteiger partial charge >= 0.3 is 0 Å². The standard InChI is InChI=1S/C24H33N3O3/c1-23(2,3)19-12-16(13-20(22(19)29)24(4,5)6)14-26-27-21(28)15-25-17-8-10-18(30-7)11-9-17/h8-14,25,29H,15H2,1-7H3,(H,27,28)/b26-14+. The van der Waals surface area contributed by atoms with E-state index in [0.29, 0.717) is 5.75 Å². The Kier molecular flexibility index (Phi) is 7.13. The number of phenolic OH excluding ortho intramolecular Hbond substituents is 1. The third-order valence-corrected chi connectivity index (χ3v) is 4.69. The van der Waals surface area contributed by atoms with Crippen LogP contribution in [0, 0.1) is 0 Å². The molecule has 0 bridgehead atoms. The lowest BCUT2D eigenvalue weighted by atomic mass is 9.78. The molecule has 0 heterocycles. The maximum absolute atomic E-state index is 12.1. The first-order valence-electron chi connectivity index (χ1n) is 9.99. The molecular weight excluding hydrogens is 378 g/mol.